The van der Waals surface area contributed by atoms with Gasteiger partial charge in [-0.05, 0) is 30.0 Å². The lowest BCUT2D eigenvalue weighted by molar-refractivity contribution is -0.144. The van der Waals surface area contributed by atoms with Crippen LogP contribution in [0.2, 0.25) is 0 Å². The normalized spacial score (nSPS) is 11.8. The molecule has 9 heteroatoms. The summed E-state index contributed by atoms with van der Waals surface area (Å²) >= 11 is 2.36. The Balaban J connectivity index is 1.71. The van der Waals surface area contributed by atoms with E-state index < -0.39 is 5.97 Å². The van der Waals surface area contributed by atoms with Crippen molar-refractivity contribution in [3.05, 3.63) is 29.8 Å². The molecular weight excluding hydrogens is 360 g/mol. The van der Waals surface area contributed by atoms with E-state index in [-0.39, 0.29) is 18.3 Å². The minimum Gasteiger partial charge on any atom is -0.455 e. The second kappa shape index (κ2) is 9.38. The number of benzene rings is 1. The molecule has 1 amide bonds. The van der Waals surface area contributed by atoms with Crippen LogP contribution in [0.1, 0.15) is 31.7 Å². The highest BCUT2D eigenvalue weighted by Crippen LogP contribution is 2.23. The molecule has 0 radical (unpaired) electrons. The van der Waals surface area contributed by atoms with E-state index in [9.17, 15) is 9.59 Å². The Hall–Kier alpha value is -2.13. The zero-order valence-corrected chi connectivity index (χ0v) is 15.7. The van der Waals surface area contributed by atoms with Gasteiger partial charge in [-0.1, -0.05) is 49.1 Å². The maximum atomic E-state index is 11.8. The molecule has 0 fully saturated rings. The number of aromatic nitrogens is 2. The van der Waals surface area contributed by atoms with E-state index in [2.05, 4.69) is 29.4 Å². The van der Waals surface area contributed by atoms with Gasteiger partial charge < -0.3 is 15.8 Å². The van der Waals surface area contributed by atoms with Gasteiger partial charge in [-0.3, -0.25) is 9.59 Å². The van der Waals surface area contributed by atoms with Gasteiger partial charge in [-0.2, -0.15) is 0 Å². The fourth-order valence-electron chi connectivity index (χ4n) is 1.91. The first kappa shape index (κ1) is 19.2. The third-order valence-electron chi connectivity index (χ3n) is 3.48. The quantitative estimate of drug-likeness (QED) is 0.535. The summed E-state index contributed by atoms with van der Waals surface area (Å²) in [5.74, 6) is -0.353. The molecule has 2 aromatic rings. The van der Waals surface area contributed by atoms with Crippen LogP contribution in [0.3, 0.4) is 0 Å². The van der Waals surface area contributed by atoms with Gasteiger partial charge in [-0.25, -0.2) is 0 Å². The summed E-state index contributed by atoms with van der Waals surface area (Å²) in [6.07, 6.45) is 1.06. The first-order valence-corrected chi connectivity index (χ1v) is 9.55. The lowest BCUT2D eigenvalue weighted by Gasteiger charge is -2.10. The summed E-state index contributed by atoms with van der Waals surface area (Å²) in [5, 5.41) is 10.5. The topological polar surface area (TPSA) is 107 Å². The molecule has 1 unspecified atom stereocenters. The standard InChI is InChI=1S/C16H20N4O3S2/c1-3-10(2)11-4-6-12(7-5-11)18-13(21)8-23-14(22)9-24-16-20-19-15(17)25-16/h4-7,10H,3,8-9H2,1-2H3,(H2,17,19)(H,18,21). The van der Waals surface area contributed by atoms with Crippen LogP contribution in [0.4, 0.5) is 10.8 Å². The Labute approximate surface area is 154 Å². The number of rotatable bonds is 8. The van der Waals surface area contributed by atoms with Gasteiger partial charge in [0.25, 0.3) is 5.91 Å². The first-order chi connectivity index (χ1) is 12.0. The number of amides is 1. The number of anilines is 2. The maximum Gasteiger partial charge on any atom is 0.316 e. The fourth-order valence-corrected chi connectivity index (χ4v) is 3.35. The Kier molecular flexibility index (Phi) is 7.20. The van der Waals surface area contributed by atoms with Crippen molar-refractivity contribution in [2.24, 2.45) is 0 Å². The summed E-state index contributed by atoms with van der Waals surface area (Å²) in [4.78, 5) is 23.5. The van der Waals surface area contributed by atoms with Crippen LogP contribution in [0.25, 0.3) is 0 Å². The van der Waals surface area contributed by atoms with Crippen molar-refractivity contribution in [2.75, 3.05) is 23.4 Å². The number of hydrogen-bond donors (Lipinski definition) is 2. The molecule has 0 bridgehead atoms. The van der Waals surface area contributed by atoms with Crippen molar-refractivity contribution in [2.45, 2.75) is 30.5 Å². The van der Waals surface area contributed by atoms with Crippen LogP contribution < -0.4 is 11.1 Å². The van der Waals surface area contributed by atoms with Crippen molar-refractivity contribution in [3.8, 4) is 0 Å². The monoisotopic (exact) mass is 380 g/mol. The summed E-state index contributed by atoms with van der Waals surface area (Å²) in [5.41, 5.74) is 7.35. The minimum absolute atomic E-state index is 0.0471. The molecule has 134 valence electrons. The number of carbonyl (C=O) groups excluding carboxylic acids is 2. The van der Waals surface area contributed by atoms with Crippen molar-refractivity contribution in [1.82, 2.24) is 10.2 Å². The van der Waals surface area contributed by atoms with Crippen molar-refractivity contribution >= 4 is 45.8 Å². The maximum absolute atomic E-state index is 11.8. The van der Waals surface area contributed by atoms with Crippen LogP contribution in [0, 0.1) is 0 Å². The number of nitrogens with one attached hydrogen (secondary N) is 1. The zero-order chi connectivity index (χ0) is 18.2. The first-order valence-electron chi connectivity index (χ1n) is 7.75. The average molecular weight is 380 g/mol. The van der Waals surface area contributed by atoms with Crippen LogP contribution in [0.5, 0.6) is 0 Å². The molecule has 25 heavy (non-hydrogen) atoms. The molecule has 0 aliphatic carbocycles. The summed E-state index contributed by atoms with van der Waals surface area (Å²) in [7, 11) is 0. The van der Waals surface area contributed by atoms with E-state index in [1.54, 1.807) is 0 Å². The number of nitrogens with zero attached hydrogens (tertiary/aromatic N) is 2. The second-order valence-electron chi connectivity index (χ2n) is 5.34. The molecule has 1 aromatic carbocycles. The van der Waals surface area contributed by atoms with Gasteiger partial charge in [0.15, 0.2) is 10.9 Å². The van der Waals surface area contributed by atoms with Gasteiger partial charge in [0.1, 0.15) is 0 Å². The van der Waals surface area contributed by atoms with Crippen LogP contribution in [-0.4, -0.2) is 34.4 Å². The molecule has 0 aliphatic rings. The number of carbonyl (C=O) groups is 2. The van der Waals surface area contributed by atoms with Gasteiger partial charge in [0, 0.05) is 5.69 Å². The lowest BCUT2D eigenvalue weighted by atomic mass is 9.99. The van der Waals surface area contributed by atoms with Crippen LogP contribution in [0.15, 0.2) is 28.6 Å². The third-order valence-corrected chi connectivity index (χ3v) is 5.33. The Bertz CT molecular complexity index is 718. The average Bonchev–Trinajstić information content (AvgIpc) is 3.03. The molecule has 1 atom stereocenters. The van der Waals surface area contributed by atoms with E-state index in [4.69, 9.17) is 10.5 Å². The molecule has 1 aromatic heterocycles. The smallest absolute Gasteiger partial charge is 0.316 e. The highest BCUT2D eigenvalue weighted by molar-refractivity contribution is 8.01. The molecule has 7 nitrogen and oxygen atoms in total. The number of esters is 1. The third kappa shape index (κ3) is 6.35. The molecule has 1 heterocycles. The van der Waals surface area contributed by atoms with Crippen molar-refractivity contribution in [1.29, 1.82) is 0 Å². The predicted octanol–water partition coefficient (Wildman–Crippen LogP) is 2.91. The van der Waals surface area contributed by atoms with Gasteiger partial charge in [0.05, 0.1) is 5.75 Å². The number of thioether (sulfide) groups is 1. The Morgan fingerprint density at radius 3 is 2.64 bits per heavy atom. The molecule has 0 saturated carbocycles. The molecule has 2 rings (SSSR count). The van der Waals surface area contributed by atoms with E-state index >= 15 is 0 Å². The molecule has 0 spiro atoms. The molecule has 3 N–H and O–H groups in total. The van der Waals surface area contributed by atoms with Gasteiger partial charge in [0.2, 0.25) is 5.13 Å². The number of ether oxygens (including phenoxy) is 1. The number of hydrogen-bond acceptors (Lipinski definition) is 8. The van der Waals surface area contributed by atoms with E-state index in [0.717, 1.165) is 6.42 Å². The highest BCUT2D eigenvalue weighted by atomic mass is 32.2. The minimum atomic E-state index is -0.499. The largest absolute Gasteiger partial charge is 0.455 e. The van der Waals surface area contributed by atoms with Crippen molar-refractivity contribution < 1.29 is 14.3 Å². The number of nitrogen functional groups attached to an aromatic ring is 1. The molecular formula is C16H20N4O3S2. The summed E-state index contributed by atoms with van der Waals surface area (Å²) in [6, 6.07) is 7.66. The van der Waals surface area contributed by atoms with E-state index in [1.807, 2.05) is 24.3 Å². The molecule has 0 saturated heterocycles. The fraction of sp³-hybridized carbons (Fsp3) is 0.375. The number of nitrogens with two attached hydrogens (primary N) is 1. The van der Waals surface area contributed by atoms with Crippen LogP contribution in [-0.2, 0) is 14.3 Å². The van der Waals surface area contributed by atoms with Gasteiger partial charge >= 0.3 is 5.97 Å². The van der Waals surface area contributed by atoms with E-state index in [0.29, 0.717) is 21.1 Å². The second-order valence-corrected chi connectivity index (χ2v) is 7.57. The molecule has 0 aliphatic heterocycles. The van der Waals surface area contributed by atoms with Crippen molar-refractivity contribution in [3.63, 3.8) is 0 Å². The highest BCUT2D eigenvalue weighted by Gasteiger charge is 2.11. The Morgan fingerprint density at radius 1 is 1.32 bits per heavy atom. The van der Waals surface area contributed by atoms with E-state index in [1.165, 1.54) is 28.7 Å². The SMILES string of the molecule is CCC(C)c1ccc(NC(=O)COC(=O)CSc2nnc(N)s2)cc1. The van der Waals surface area contributed by atoms with Gasteiger partial charge in [-0.15, -0.1) is 10.2 Å². The summed E-state index contributed by atoms with van der Waals surface area (Å²) in [6.45, 7) is 3.96. The Morgan fingerprint density at radius 2 is 2.04 bits per heavy atom. The van der Waals surface area contributed by atoms with Crippen LogP contribution >= 0.6 is 23.1 Å². The lowest BCUT2D eigenvalue weighted by Crippen LogP contribution is -2.21. The summed E-state index contributed by atoms with van der Waals surface area (Å²) < 4.78 is 5.52. The predicted molar refractivity (Wildman–Crippen MR) is 99.8 cm³/mol. The zero-order valence-electron chi connectivity index (χ0n) is 14.0.